The van der Waals surface area contributed by atoms with Gasteiger partial charge in [-0.15, -0.1) is 0 Å². The van der Waals surface area contributed by atoms with E-state index in [1.54, 1.807) is 24.3 Å². The van der Waals surface area contributed by atoms with E-state index < -0.39 is 5.91 Å². The number of primary amides is 1. The first-order valence-corrected chi connectivity index (χ1v) is 7.20. The van der Waals surface area contributed by atoms with Gasteiger partial charge in [-0.1, -0.05) is 12.1 Å². The summed E-state index contributed by atoms with van der Waals surface area (Å²) >= 11 is 0. The molecule has 0 aromatic heterocycles. The Morgan fingerprint density at radius 3 is 2.74 bits per heavy atom. The van der Waals surface area contributed by atoms with Crippen molar-refractivity contribution in [2.24, 2.45) is 5.73 Å². The summed E-state index contributed by atoms with van der Waals surface area (Å²) in [5, 5.41) is 2.76. The van der Waals surface area contributed by atoms with E-state index in [2.05, 4.69) is 5.32 Å². The van der Waals surface area contributed by atoms with Crippen LogP contribution in [0.15, 0.2) is 42.5 Å². The number of hydrogen-bond acceptors (Lipinski definition) is 4. The van der Waals surface area contributed by atoms with Gasteiger partial charge in [-0.25, -0.2) is 0 Å². The Morgan fingerprint density at radius 2 is 1.91 bits per heavy atom. The van der Waals surface area contributed by atoms with E-state index >= 15 is 0 Å². The number of hydrogen-bond donors (Lipinski definition) is 2. The Bertz CT molecular complexity index is 758. The molecule has 6 heteroatoms. The average Bonchev–Trinajstić information content (AvgIpc) is 3.01. The van der Waals surface area contributed by atoms with Gasteiger partial charge in [0.25, 0.3) is 0 Å². The monoisotopic (exact) mass is 312 g/mol. The smallest absolute Gasteiger partial charge is 0.248 e. The van der Waals surface area contributed by atoms with E-state index in [0.29, 0.717) is 29.8 Å². The topological polar surface area (TPSA) is 90.7 Å². The second-order valence-corrected chi connectivity index (χ2v) is 5.18. The Hall–Kier alpha value is -3.02. The third-order valence-corrected chi connectivity index (χ3v) is 3.51. The van der Waals surface area contributed by atoms with Crippen LogP contribution in [0.5, 0.6) is 11.5 Å². The maximum Gasteiger partial charge on any atom is 0.248 e. The number of rotatable bonds is 5. The highest BCUT2D eigenvalue weighted by molar-refractivity contribution is 5.96. The molecule has 0 radical (unpaired) electrons. The number of carbonyl (C=O) groups is 2. The Morgan fingerprint density at radius 1 is 1.09 bits per heavy atom. The van der Waals surface area contributed by atoms with E-state index in [0.717, 1.165) is 11.3 Å². The lowest BCUT2D eigenvalue weighted by Crippen LogP contribution is -2.14. The molecule has 2 aromatic carbocycles. The Balaban J connectivity index is 1.57. The molecule has 0 atom stereocenters. The lowest BCUT2D eigenvalue weighted by atomic mass is 10.1. The van der Waals surface area contributed by atoms with Crippen molar-refractivity contribution in [3.8, 4) is 11.5 Å². The largest absolute Gasteiger partial charge is 0.454 e. The molecule has 1 heterocycles. The van der Waals surface area contributed by atoms with E-state index in [1.807, 2.05) is 18.2 Å². The third-order valence-electron chi connectivity index (χ3n) is 3.51. The summed E-state index contributed by atoms with van der Waals surface area (Å²) in [6.07, 6.45) is 0.901. The van der Waals surface area contributed by atoms with Crippen molar-refractivity contribution in [3.63, 3.8) is 0 Å². The summed E-state index contributed by atoms with van der Waals surface area (Å²) < 4.78 is 10.6. The van der Waals surface area contributed by atoms with Crippen LogP contribution >= 0.6 is 0 Å². The zero-order chi connectivity index (χ0) is 16.2. The first kappa shape index (κ1) is 14.9. The zero-order valence-corrected chi connectivity index (χ0v) is 12.4. The minimum absolute atomic E-state index is 0.135. The normalized spacial score (nSPS) is 12.0. The number of anilines is 1. The maximum atomic E-state index is 12.0. The van der Waals surface area contributed by atoms with Gasteiger partial charge in [0.05, 0.1) is 0 Å². The van der Waals surface area contributed by atoms with Gasteiger partial charge in [-0.05, 0) is 42.3 Å². The van der Waals surface area contributed by atoms with Crippen LogP contribution < -0.4 is 20.5 Å². The number of nitrogens with two attached hydrogens (primary N) is 1. The highest BCUT2D eigenvalue weighted by Gasteiger charge is 2.13. The standard InChI is InChI=1S/C17H16N2O4/c18-17(21)12-2-1-3-13(9-12)19-16(20)7-5-11-4-6-14-15(8-11)23-10-22-14/h1-4,6,8-9H,5,7,10H2,(H2,18,21)(H,19,20). The summed E-state index contributed by atoms with van der Waals surface area (Å²) in [5.74, 6) is 0.768. The quantitative estimate of drug-likeness (QED) is 0.884. The van der Waals surface area contributed by atoms with Crippen molar-refractivity contribution in [3.05, 3.63) is 53.6 Å². The van der Waals surface area contributed by atoms with Crippen molar-refractivity contribution in [1.29, 1.82) is 0 Å². The number of carbonyl (C=O) groups excluding carboxylic acids is 2. The molecule has 2 aromatic rings. The van der Waals surface area contributed by atoms with Gasteiger partial charge in [0.1, 0.15) is 0 Å². The van der Waals surface area contributed by atoms with E-state index in [4.69, 9.17) is 15.2 Å². The summed E-state index contributed by atoms with van der Waals surface area (Å²) in [4.78, 5) is 23.1. The molecule has 0 unspecified atom stereocenters. The zero-order valence-electron chi connectivity index (χ0n) is 12.4. The van der Waals surface area contributed by atoms with Crippen LogP contribution in [0.25, 0.3) is 0 Å². The van der Waals surface area contributed by atoms with Gasteiger partial charge in [0.2, 0.25) is 18.6 Å². The first-order valence-electron chi connectivity index (χ1n) is 7.20. The lowest BCUT2D eigenvalue weighted by molar-refractivity contribution is -0.116. The van der Waals surface area contributed by atoms with Gasteiger partial charge in [0, 0.05) is 17.7 Å². The van der Waals surface area contributed by atoms with E-state index in [1.165, 1.54) is 0 Å². The van der Waals surface area contributed by atoms with Gasteiger partial charge >= 0.3 is 0 Å². The second-order valence-electron chi connectivity index (χ2n) is 5.18. The molecular formula is C17H16N2O4. The number of fused-ring (bicyclic) bond motifs is 1. The molecule has 0 fully saturated rings. The van der Waals surface area contributed by atoms with Gasteiger partial charge in [-0.2, -0.15) is 0 Å². The van der Waals surface area contributed by atoms with Crippen molar-refractivity contribution >= 4 is 17.5 Å². The number of nitrogens with one attached hydrogen (secondary N) is 1. The van der Waals surface area contributed by atoms with Crippen LogP contribution in [0.3, 0.4) is 0 Å². The predicted octanol–water partition coefficient (Wildman–Crippen LogP) is 2.09. The molecule has 0 aliphatic carbocycles. The average molecular weight is 312 g/mol. The summed E-state index contributed by atoms with van der Waals surface area (Å²) in [6.45, 7) is 0.232. The van der Waals surface area contributed by atoms with Crippen molar-refractivity contribution in [1.82, 2.24) is 0 Å². The van der Waals surface area contributed by atoms with E-state index in [-0.39, 0.29) is 12.7 Å². The van der Waals surface area contributed by atoms with E-state index in [9.17, 15) is 9.59 Å². The fourth-order valence-corrected chi connectivity index (χ4v) is 2.33. The second kappa shape index (κ2) is 6.39. The fraction of sp³-hybridized carbons (Fsp3) is 0.176. The van der Waals surface area contributed by atoms with Crippen molar-refractivity contribution < 1.29 is 19.1 Å². The number of aryl methyl sites for hydroxylation is 1. The fourth-order valence-electron chi connectivity index (χ4n) is 2.33. The number of amides is 2. The highest BCUT2D eigenvalue weighted by atomic mass is 16.7. The molecule has 23 heavy (non-hydrogen) atoms. The molecule has 0 saturated carbocycles. The van der Waals surface area contributed by atoms with Crippen molar-refractivity contribution in [2.45, 2.75) is 12.8 Å². The third kappa shape index (κ3) is 3.60. The van der Waals surface area contributed by atoms with Gasteiger partial charge < -0.3 is 20.5 Å². The molecule has 2 amide bonds. The molecule has 0 saturated heterocycles. The summed E-state index contributed by atoms with van der Waals surface area (Å²) in [7, 11) is 0. The summed E-state index contributed by atoms with van der Waals surface area (Å²) in [6, 6.07) is 12.2. The number of benzene rings is 2. The molecule has 1 aliphatic rings. The molecule has 3 rings (SSSR count). The minimum atomic E-state index is -0.526. The summed E-state index contributed by atoms with van der Waals surface area (Å²) in [5.41, 5.74) is 7.13. The van der Waals surface area contributed by atoms with Crippen LogP contribution in [0.2, 0.25) is 0 Å². The van der Waals surface area contributed by atoms with Gasteiger partial charge in [-0.3, -0.25) is 9.59 Å². The minimum Gasteiger partial charge on any atom is -0.454 e. The molecule has 1 aliphatic heterocycles. The highest BCUT2D eigenvalue weighted by Crippen LogP contribution is 2.32. The van der Waals surface area contributed by atoms with Crippen LogP contribution in [-0.2, 0) is 11.2 Å². The van der Waals surface area contributed by atoms with Gasteiger partial charge in [0.15, 0.2) is 11.5 Å². The Labute approximate surface area is 133 Å². The van der Waals surface area contributed by atoms with Crippen molar-refractivity contribution in [2.75, 3.05) is 12.1 Å². The molecule has 118 valence electrons. The van der Waals surface area contributed by atoms with Crippen LogP contribution in [-0.4, -0.2) is 18.6 Å². The molecule has 0 spiro atoms. The molecule has 0 bridgehead atoms. The maximum absolute atomic E-state index is 12.0. The molecular weight excluding hydrogens is 296 g/mol. The molecule has 6 nitrogen and oxygen atoms in total. The Kier molecular flexibility index (Phi) is 4.14. The SMILES string of the molecule is NC(=O)c1cccc(NC(=O)CCc2ccc3c(c2)OCO3)c1. The lowest BCUT2D eigenvalue weighted by Gasteiger charge is -2.07. The van der Waals surface area contributed by atoms with Crippen LogP contribution in [0, 0.1) is 0 Å². The molecule has 3 N–H and O–H groups in total. The van der Waals surface area contributed by atoms with Crippen LogP contribution in [0.4, 0.5) is 5.69 Å². The first-order chi connectivity index (χ1) is 11.1. The predicted molar refractivity (Wildman–Crippen MR) is 84.5 cm³/mol. The number of ether oxygens (including phenoxy) is 2. The van der Waals surface area contributed by atoms with Crippen LogP contribution in [0.1, 0.15) is 22.3 Å².